The predicted octanol–water partition coefficient (Wildman–Crippen LogP) is 5.90. The molecule has 8 nitrogen and oxygen atoms in total. The number of rotatable bonds is 11. The molecule has 4 N–H and O–H groups in total. The van der Waals surface area contributed by atoms with Crippen LogP contribution in [-0.2, 0) is 11.8 Å². The fourth-order valence-electron chi connectivity index (χ4n) is 3.36. The lowest BCUT2D eigenvalue weighted by atomic mass is 9.86. The summed E-state index contributed by atoms with van der Waals surface area (Å²) in [5.74, 6) is -54.5. The van der Waals surface area contributed by atoms with Crippen molar-refractivity contribution in [2.75, 3.05) is 0 Å². The lowest BCUT2D eigenvalue weighted by Crippen LogP contribution is -2.69. The van der Waals surface area contributed by atoms with Gasteiger partial charge < -0.3 is 20.4 Å². The van der Waals surface area contributed by atoms with Crippen LogP contribution in [0.1, 0.15) is 52.6 Å². The molecule has 0 fully saturated rings. The standard InChI is InChI=1S/C22H10F12O8/c23-17(24,7-1-3-9(13(35)36)11(5-7)15(39)40)19(27,28)21(31,32)22(33,34)20(29,30)18(25,26)8-2-4-10(14(37)38)12(6-8)16(41)42/h1-6H,(H,35,36)(H,37,38)(H,39,40)(H,41,42). The zero-order chi connectivity index (χ0) is 33.0. The Morgan fingerprint density at radius 3 is 0.857 bits per heavy atom. The van der Waals surface area contributed by atoms with Crippen LogP contribution in [0.2, 0.25) is 0 Å². The quantitative estimate of drug-likeness (QED) is 0.224. The molecule has 0 aromatic heterocycles. The zero-order valence-electron chi connectivity index (χ0n) is 19.4. The number of alkyl halides is 12. The van der Waals surface area contributed by atoms with Gasteiger partial charge in [-0.05, 0) is 24.3 Å². The summed E-state index contributed by atoms with van der Waals surface area (Å²) in [6, 6.07) is -2.60. The highest BCUT2D eigenvalue weighted by Crippen LogP contribution is 2.63. The Morgan fingerprint density at radius 2 is 0.643 bits per heavy atom. The van der Waals surface area contributed by atoms with Crippen molar-refractivity contribution in [2.24, 2.45) is 0 Å². The molecule has 0 unspecified atom stereocenters. The summed E-state index contributed by atoms with van der Waals surface area (Å²) in [4.78, 5) is 44.1. The molecule has 20 heteroatoms. The van der Waals surface area contributed by atoms with Gasteiger partial charge in [0.25, 0.3) is 0 Å². The fraction of sp³-hybridized carbons (Fsp3) is 0.273. The van der Waals surface area contributed by atoms with Gasteiger partial charge in [0.15, 0.2) is 0 Å². The lowest BCUT2D eigenvalue weighted by molar-refractivity contribution is -0.429. The van der Waals surface area contributed by atoms with Crippen LogP contribution < -0.4 is 0 Å². The van der Waals surface area contributed by atoms with E-state index in [1.807, 2.05) is 0 Å². The molecule has 230 valence electrons. The van der Waals surface area contributed by atoms with Crippen molar-refractivity contribution in [2.45, 2.75) is 35.5 Å². The first-order valence-electron chi connectivity index (χ1n) is 10.2. The van der Waals surface area contributed by atoms with Crippen molar-refractivity contribution in [3.63, 3.8) is 0 Å². The summed E-state index contributed by atoms with van der Waals surface area (Å²) in [5.41, 5.74) is -11.6. The van der Waals surface area contributed by atoms with Crippen molar-refractivity contribution in [1.82, 2.24) is 0 Å². The van der Waals surface area contributed by atoms with Crippen LogP contribution in [-0.4, -0.2) is 68.0 Å². The topological polar surface area (TPSA) is 149 Å². The first-order chi connectivity index (χ1) is 18.7. The Labute approximate surface area is 222 Å². The van der Waals surface area contributed by atoms with E-state index in [1.54, 1.807) is 0 Å². The SMILES string of the molecule is O=C(O)c1ccc(C(F)(F)C(F)(F)C(F)(F)C(F)(F)C(F)(F)C(F)(F)c2ccc(C(=O)O)c(C(=O)O)c2)cc1C(=O)O. The van der Waals surface area contributed by atoms with E-state index in [0.717, 1.165) is 0 Å². The van der Waals surface area contributed by atoms with Gasteiger partial charge in [-0.3, -0.25) is 0 Å². The molecule has 0 aliphatic carbocycles. The van der Waals surface area contributed by atoms with Crippen molar-refractivity contribution in [1.29, 1.82) is 0 Å². The molecule has 0 saturated carbocycles. The van der Waals surface area contributed by atoms with Gasteiger partial charge in [-0.2, -0.15) is 52.7 Å². The molecule has 0 saturated heterocycles. The van der Waals surface area contributed by atoms with E-state index >= 15 is 0 Å². The molecule has 0 bridgehead atoms. The minimum atomic E-state index is -8.12. The molecule has 0 aliphatic heterocycles. The second kappa shape index (κ2) is 10.1. The van der Waals surface area contributed by atoms with Gasteiger partial charge in [-0.1, -0.05) is 12.1 Å². The van der Waals surface area contributed by atoms with E-state index in [2.05, 4.69) is 0 Å². The van der Waals surface area contributed by atoms with E-state index in [9.17, 15) is 71.9 Å². The third kappa shape index (κ3) is 4.73. The number of halogens is 12. The van der Waals surface area contributed by atoms with Gasteiger partial charge in [-0.25, -0.2) is 19.2 Å². The van der Waals surface area contributed by atoms with Crippen LogP contribution in [0.4, 0.5) is 52.7 Å². The largest absolute Gasteiger partial charge is 0.478 e. The molecule has 0 atom stereocenters. The Morgan fingerprint density at radius 1 is 0.405 bits per heavy atom. The van der Waals surface area contributed by atoms with Gasteiger partial charge in [0.1, 0.15) is 0 Å². The molecule has 0 aliphatic rings. The lowest BCUT2D eigenvalue weighted by Gasteiger charge is -2.41. The third-order valence-corrected chi connectivity index (χ3v) is 5.66. The Bertz CT molecular complexity index is 1360. The van der Waals surface area contributed by atoms with E-state index in [0.29, 0.717) is 0 Å². The Balaban J connectivity index is 2.74. The predicted molar refractivity (Wildman–Crippen MR) is 108 cm³/mol. The summed E-state index contributed by atoms with van der Waals surface area (Å²) in [7, 11) is 0. The number of hydrogen-bond acceptors (Lipinski definition) is 4. The third-order valence-electron chi connectivity index (χ3n) is 5.66. The minimum Gasteiger partial charge on any atom is -0.478 e. The van der Waals surface area contributed by atoms with E-state index in [4.69, 9.17) is 20.4 Å². The first-order valence-corrected chi connectivity index (χ1v) is 10.2. The van der Waals surface area contributed by atoms with Gasteiger partial charge in [0, 0.05) is 11.1 Å². The molecule has 0 heterocycles. The average Bonchev–Trinajstić information content (AvgIpc) is 2.86. The monoisotopic (exact) mass is 630 g/mol. The number of aromatic carboxylic acids is 4. The Hall–Kier alpha value is -4.52. The molecular formula is C22H10F12O8. The maximum Gasteiger partial charge on any atom is 0.385 e. The summed E-state index contributed by atoms with van der Waals surface area (Å²) in [6.45, 7) is 0. The molecule has 0 spiro atoms. The summed E-state index contributed by atoms with van der Waals surface area (Å²) >= 11 is 0. The van der Waals surface area contributed by atoms with Crippen LogP contribution in [0.3, 0.4) is 0 Å². The molecule has 2 aromatic rings. The van der Waals surface area contributed by atoms with Crippen molar-refractivity contribution in [3.05, 3.63) is 69.8 Å². The first kappa shape index (κ1) is 33.7. The van der Waals surface area contributed by atoms with Gasteiger partial charge in [0.05, 0.1) is 22.3 Å². The normalized spacial score (nSPS) is 13.5. The number of hydrogen-bond donors (Lipinski definition) is 4. The maximum absolute atomic E-state index is 14.5. The van der Waals surface area contributed by atoms with Crippen molar-refractivity contribution >= 4 is 23.9 Å². The van der Waals surface area contributed by atoms with E-state index in [-0.39, 0.29) is 12.1 Å². The zero-order valence-corrected chi connectivity index (χ0v) is 19.4. The van der Waals surface area contributed by atoms with Crippen LogP contribution in [0.15, 0.2) is 36.4 Å². The Kier molecular flexibility index (Phi) is 8.09. The smallest absolute Gasteiger partial charge is 0.385 e. The summed E-state index contributed by atoms with van der Waals surface area (Å²) in [6.07, 6.45) is 0. The van der Waals surface area contributed by atoms with Crippen molar-refractivity contribution in [3.8, 4) is 0 Å². The molecular weight excluding hydrogens is 620 g/mol. The average molecular weight is 630 g/mol. The van der Waals surface area contributed by atoms with Crippen LogP contribution in [0, 0.1) is 0 Å². The molecule has 0 amide bonds. The van der Waals surface area contributed by atoms with Gasteiger partial charge >= 0.3 is 59.4 Å². The minimum absolute atomic E-state index is 0.162. The summed E-state index contributed by atoms with van der Waals surface area (Å²) < 4.78 is 173. The number of carbonyl (C=O) groups is 4. The van der Waals surface area contributed by atoms with Crippen LogP contribution >= 0.6 is 0 Å². The van der Waals surface area contributed by atoms with Gasteiger partial charge in [-0.15, -0.1) is 0 Å². The van der Waals surface area contributed by atoms with Crippen molar-refractivity contribution < 1.29 is 92.3 Å². The highest BCUT2D eigenvalue weighted by atomic mass is 19.4. The van der Waals surface area contributed by atoms with Crippen LogP contribution in [0.25, 0.3) is 0 Å². The molecule has 2 aromatic carbocycles. The fourth-order valence-corrected chi connectivity index (χ4v) is 3.36. The van der Waals surface area contributed by atoms with Crippen LogP contribution in [0.5, 0.6) is 0 Å². The second-order valence-corrected chi connectivity index (χ2v) is 8.19. The van der Waals surface area contributed by atoms with E-state index < -0.39 is 117 Å². The molecule has 42 heavy (non-hydrogen) atoms. The number of carboxylic acids is 4. The molecule has 0 radical (unpaired) electrons. The highest BCUT2D eigenvalue weighted by molar-refractivity contribution is 6.02. The maximum atomic E-state index is 14.5. The van der Waals surface area contributed by atoms with E-state index in [1.165, 1.54) is 0 Å². The second-order valence-electron chi connectivity index (χ2n) is 8.19. The number of benzene rings is 2. The highest BCUT2D eigenvalue weighted by Gasteiger charge is 2.90. The summed E-state index contributed by atoms with van der Waals surface area (Å²) in [5, 5.41) is 35.4. The molecule has 2 rings (SSSR count). The van der Waals surface area contributed by atoms with Gasteiger partial charge in [0.2, 0.25) is 0 Å². The number of carboxylic acid groups (broad SMARTS) is 4.